The predicted molar refractivity (Wildman–Crippen MR) is 107 cm³/mol. The smallest absolute Gasteiger partial charge is 0.313 e. The van der Waals surface area contributed by atoms with Crippen molar-refractivity contribution in [3.05, 3.63) is 64.3 Å². The Morgan fingerprint density at radius 3 is 3.04 bits per heavy atom. The normalized spacial score (nSPS) is 16.8. The molecule has 4 aromatic rings. The van der Waals surface area contributed by atoms with Gasteiger partial charge < -0.3 is 13.9 Å². The minimum Gasteiger partial charge on any atom is -0.460 e. The number of rotatable bonds is 5. The van der Waals surface area contributed by atoms with Crippen molar-refractivity contribution in [1.82, 2.24) is 4.98 Å². The van der Waals surface area contributed by atoms with Crippen LogP contribution in [0.2, 0.25) is 0 Å². The molecule has 0 amide bonds. The van der Waals surface area contributed by atoms with Crippen LogP contribution < -0.4 is 0 Å². The summed E-state index contributed by atoms with van der Waals surface area (Å²) in [6.07, 6.45) is 2.28. The predicted octanol–water partition coefficient (Wildman–Crippen LogP) is 5.18. The van der Waals surface area contributed by atoms with Gasteiger partial charge in [0.2, 0.25) is 0 Å². The molecule has 0 aliphatic carbocycles. The molecule has 0 bridgehead atoms. The van der Waals surface area contributed by atoms with Crippen LogP contribution in [0, 0.1) is 0 Å². The van der Waals surface area contributed by atoms with Crippen LogP contribution in [0.4, 0.5) is 0 Å². The van der Waals surface area contributed by atoms with E-state index < -0.39 is 0 Å². The first-order valence-electron chi connectivity index (χ1n) is 9.38. The van der Waals surface area contributed by atoms with Crippen molar-refractivity contribution in [2.75, 3.05) is 6.61 Å². The highest BCUT2D eigenvalue weighted by atomic mass is 32.1. The number of carbonyl (C=O) groups excluding carboxylic acids is 1. The SMILES string of the molecule is O=C(Cc1cc2c(ccc3ccccc32)o1)OCc1csc(C2CCCO2)n1. The number of nitrogens with zero attached hydrogens (tertiary/aromatic N) is 1. The maximum atomic E-state index is 12.3. The fourth-order valence-electron chi connectivity index (χ4n) is 3.59. The number of fused-ring (bicyclic) bond motifs is 3. The van der Waals surface area contributed by atoms with Crippen LogP contribution in [-0.4, -0.2) is 17.6 Å². The standard InChI is InChI=1S/C22H19NO4S/c24-21(26-12-15-13-28-22(23-15)20-6-3-9-25-20)11-16-10-18-17-5-2-1-4-14(17)7-8-19(18)27-16/h1-2,4-5,7-8,10,13,20H,3,6,9,11-12H2. The molecule has 0 spiro atoms. The Balaban J connectivity index is 1.25. The largest absolute Gasteiger partial charge is 0.460 e. The van der Waals surface area contributed by atoms with E-state index >= 15 is 0 Å². The van der Waals surface area contributed by atoms with E-state index in [-0.39, 0.29) is 25.1 Å². The number of hydrogen-bond donors (Lipinski definition) is 0. The van der Waals surface area contributed by atoms with Crippen molar-refractivity contribution >= 4 is 39.0 Å². The molecule has 1 unspecified atom stereocenters. The lowest BCUT2D eigenvalue weighted by molar-refractivity contribution is -0.144. The van der Waals surface area contributed by atoms with Gasteiger partial charge in [-0.05, 0) is 35.7 Å². The van der Waals surface area contributed by atoms with Crippen molar-refractivity contribution in [1.29, 1.82) is 0 Å². The van der Waals surface area contributed by atoms with Crippen molar-refractivity contribution in [3.8, 4) is 0 Å². The second-order valence-electron chi connectivity index (χ2n) is 6.93. The summed E-state index contributed by atoms with van der Waals surface area (Å²) in [6.45, 7) is 0.965. The average molecular weight is 393 g/mol. The summed E-state index contributed by atoms with van der Waals surface area (Å²) in [5.41, 5.74) is 1.54. The van der Waals surface area contributed by atoms with Gasteiger partial charge in [-0.1, -0.05) is 30.3 Å². The van der Waals surface area contributed by atoms with Crippen LogP contribution in [0.1, 0.15) is 35.4 Å². The van der Waals surface area contributed by atoms with Gasteiger partial charge in [0, 0.05) is 17.4 Å². The number of aromatic nitrogens is 1. The number of carbonyl (C=O) groups is 1. The molecule has 1 saturated heterocycles. The third-order valence-corrected chi connectivity index (χ3v) is 5.94. The summed E-state index contributed by atoms with van der Waals surface area (Å²) in [6, 6.07) is 14.0. The van der Waals surface area contributed by atoms with Crippen LogP contribution in [0.5, 0.6) is 0 Å². The molecule has 1 aliphatic heterocycles. The first kappa shape index (κ1) is 17.4. The highest BCUT2D eigenvalue weighted by molar-refractivity contribution is 7.09. The maximum Gasteiger partial charge on any atom is 0.313 e. The molecular weight excluding hydrogens is 374 g/mol. The summed E-state index contributed by atoms with van der Waals surface area (Å²) in [4.78, 5) is 16.8. The van der Waals surface area contributed by atoms with Gasteiger partial charge in [0.25, 0.3) is 0 Å². The highest BCUT2D eigenvalue weighted by Crippen LogP contribution is 2.31. The molecule has 142 valence electrons. The summed E-state index contributed by atoms with van der Waals surface area (Å²) < 4.78 is 16.9. The molecule has 1 aliphatic rings. The third kappa shape index (κ3) is 3.41. The minimum absolute atomic E-state index is 0.0971. The Morgan fingerprint density at radius 1 is 1.21 bits per heavy atom. The first-order valence-corrected chi connectivity index (χ1v) is 10.3. The van der Waals surface area contributed by atoms with Crippen LogP contribution >= 0.6 is 11.3 Å². The van der Waals surface area contributed by atoms with Gasteiger partial charge in [0.15, 0.2) is 0 Å². The van der Waals surface area contributed by atoms with Crippen LogP contribution in [0.25, 0.3) is 21.7 Å². The van der Waals surface area contributed by atoms with E-state index in [1.807, 2.05) is 35.7 Å². The van der Waals surface area contributed by atoms with Crippen molar-refractivity contribution in [2.24, 2.45) is 0 Å². The Hall–Kier alpha value is -2.70. The Kier molecular flexibility index (Phi) is 4.58. The number of hydrogen-bond acceptors (Lipinski definition) is 6. The number of esters is 1. The van der Waals surface area contributed by atoms with E-state index in [1.54, 1.807) is 11.3 Å². The van der Waals surface area contributed by atoms with Crippen molar-refractivity contribution < 1.29 is 18.7 Å². The van der Waals surface area contributed by atoms with Gasteiger partial charge in [-0.3, -0.25) is 4.79 Å². The van der Waals surface area contributed by atoms with Gasteiger partial charge in [-0.2, -0.15) is 0 Å². The van der Waals surface area contributed by atoms with Gasteiger partial charge in [-0.25, -0.2) is 4.98 Å². The van der Waals surface area contributed by atoms with Gasteiger partial charge in [0.05, 0.1) is 5.69 Å². The summed E-state index contributed by atoms with van der Waals surface area (Å²) in [7, 11) is 0. The fourth-order valence-corrected chi connectivity index (χ4v) is 4.47. The summed E-state index contributed by atoms with van der Waals surface area (Å²) in [5.74, 6) is 0.282. The molecule has 2 aromatic carbocycles. The molecule has 2 aromatic heterocycles. The number of furan rings is 1. The molecule has 6 heteroatoms. The van der Waals surface area contributed by atoms with Gasteiger partial charge in [0.1, 0.15) is 35.5 Å². The van der Waals surface area contributed by atoms with E-state index in [0.717, 1.165) is 51.9 Å². The molecule has 0 saturated carbocycles. The second-order valence-corrected chi connectivity index (χ2v) is 7.82. The minimum atomic E-state index is -0.324. The van der Waals surface area contributed by atoms with Crippen LogP contribution in [0.15, 0.2) is 52.3 Å². The average Bonchev–Trinajstić information content (AvgIpc) is 3.45. The zero-order valence-electron chi connectivity index (χ0n) is 15.2. The molecule has 0 N–H and O–H groups in total. The highest BCUT2D eigenvalue weighted by Gasteiger charge is 2.21. The molecule has 0 radical (unpaired) electrons. The zero-order chi connectivity index (χ0) is 18.9. The maximum absolute atomic E-state index is 12.3. The summed E-state index contributed by atoms with van der Waals surface area (Å²) in [5, 5.41) is 6.18. The van der Waals surface area contributed by atoms with Crippen LogP contribution in [-0.2, 0) is 27.3 Å². The molecule has 5 rings (SSSR count). The van der Waals surface area contributed by atoms with E-state index in [9.17, 15) is 4.79 Å². The Bertz CT molecular complexity index is 1140. The van der Waals surface area contributed by atoms with E-state index in [1.165, 1.54) is 0 Å². The number of thiazole rings is 1. The number of ether oxygens (including phenoxy) is 2. The zero-order valence-corrected chi connectivity index (χ0v) is 16.0. The Labute approximate surface area is 165 Å². The summed E-state index contributed by atoms with van der Waals surface area (Å²) >= 11 is 1.56. The number of benzene rings is 2. The van der Waals surface area contributed by atoms with Crippen LogP contribution in [0.3, 0.4) is 0 Å². The van der Waals surface area contributed by atoms with Gasteiger partial charge >= 0.3 is 5.97 Å². The van der Waals surface area contributed by atoms with Gasteiger partial charge in [-0.15, -0.1) is 11.3 Å². The second kappa shape index (κ2) is 7.37. The quantitative estimate of drug-likeness (QED) is 0.437. The first-order chi connectivity index (χ1) is 13.8. The molecule has 28 heavy (non-hydrogen) atoms. The molecule has 3 heterocycles. The van der Waals surface area contributed by atoms with E-state index in [0.29, 0.717) is 5.76 Å². The fraction of sp³-hybridized carbons (Fsp3) is 0.273. The molecule has 5 nitrogen and oxygen atoms in total. The lowest BCUT2D eigenvalue weighted by Crippen LogP contribution is -2.07. The third-order valence-electron chi connectivity index (χ3n) is 4.95. The molecule has 1 atom stereocenters. The topological polar surface area (TPSA) is 61.6 Å². The lowest BCUT2D eigenvalue weighted by Gasteiger charge is -2.04. The Morgan fingerprint density at radius 2 is 2.14 bits per heavy atom. The van der Waals surface area contributed by atoms with Crippen molar-refractivity contribution in [3.63, 3.8) is 0 Å². The molecule has 1 fully saturated rings. The van der Waals surface area contributed by atoms with E-state index in [2.05, 4.69) is 17.1 Å². The van der Waals surface area contributed by atoms with E-state index in [4.69, 9.17) is 13.9 Å². The van der Waals surface area contributed by atoms with Crippen molar-refractivity contribution in [2.45, 2.75) is 32.0 Å². The molecular formula is C22H19NO4S. The lowest BCUT2D eigenvalue weighted by atomic mass is 10.1. The monoisotopic (exact) mass is 393 g/mol.